The van der Waals surface area contributed by atoms with E-state index < -0.39 is 0 Å². The molecule has 3 nitrogen and oxygen atoms in total. The summed E-state index contributed by atoms with van der Waals surface area (Å²) in [4.78, 5) is 0. The van der Waals surface area contributed by atoms with Crippen LogP contribution in [0.15, 0.2) is 28.9 Å². The largest absolute Gasteiger partial charge is 0.497 e. The molecule has 0 radical (unpaired) electrons. The van der Waals surface area contributed by atoms with Crippen molar-refractivity contribution in [2.45, 2.75) is 6.42 Å². The average molecular weight is 187 g/mol. The smallest absolute Gasteiger partial charge is 0.138 e. The topological polar surface area (TPSA) is 46.2 Å². The maximum absolute atomic E-state index is 8.65. The molecule has 0 aliphatic rings. The van der Waals surface area contributed by atoms with E-state index in [2.05, 4.69) is 6.07 Å². The van der Waals surface area contributed by atoms with Crippen molar-refractivity contribution in [3.05, 3.63) is 30.0 Å². The van der Waals surface area contributed by atoms with Gasteiger partial charge in [-0.15, -0.1) is 0 Å². The molecule has 70 valence electrons. The lowest BCUT2D eigenvalue weighted by Gasteiger charge is -2.02. The second-order valence-electron chi connectivity index (χ2n) is 2.96. The maximum Gasteiger partial charge on any atom is 0.138 e. The molecular weight excluding hydrogens is 178 g/mol. The summed E-state index contributed by atoms with van der Waals surface area (Å²) in [6.07, 6.45) is 1.95. The number of rotatable bonds is 2. The number of benzene rings is 1. The lowest BCUT2D eigenvalue weighted by molar-refractivity contribution is 0.415. The predicted octanol–water partition coefficient (Wildman–Crippen LogP) is 2.51. The van der Waals surface area contributed by atoms with Gasteiger partial charge in [0.25, 0.3) is 0 Å². The van der Waals surface area contributed by atoms with E-state index in [-0.39, 0.29) is 0 Å². The number of hydrogen-bond acceptors (Lipinski definition) is 3. The van der Waals surface area contributed by atoms with Crippen molar-refractivity contribution in [3.8, 4) is 11.8 Å². The summed E-state index contributed by atoms with van der Waals surface area (Å²) in [7, 11) is 1.61. The maximum atomic E-state index is 8.65. The number of fused-ring (bicyclic) bond motifs is 1. The van der Waals surface area contributed by atoms with Crippen molar-refractivity contribution in [2.24, 2.45) is 0 Å². The highest BCUT2D eigenvalue weighted by Crippen LogP contribution is 2.26. The second kappa shape index (κ2) is 3.43. The summed E-state index contributed by atoms with van der Waals surface area (Å²) >= 11 is 0. The molecule has 0 fully saturated rings. The van der Waals surface area contributed by atoms with Crippen molar-refractivity contribution >= 4 is 11.0 Å². The first-order chi connectivity index (χ1) is 6.85. The molecule has 0 unspecified atom stereocenters. The minimum absolute atomic E-state index is 0.335. The molecule has 0 aliphatic carbocycles. The van der Waals surface area contributed by atoms with Crippen LogP contribution in [0.3, 0.4) is 0 Å². The van der Waals surface area contributed by atoms with Gasteiger partial charge in [0.2, 0.25) is 0 Å². The zero-order valence-corrected chi connectivity index (χ0v) is 7.78. The first-order valence-electron chi connectivity index (χ1n) is 4.26. The van der Waals surface area contributed by atoms with Gasteiger partial charge in [-0.3, -0.25) is 0 Å². The summed E-state index contributed by atoms with van der Waals surface area (Å²) in [6, 6.07) is 7.68. The number of hydrogen-bond donors (Lipinski definition) is 0. The van der Waals surface area contributed by atoms with Crippen LogP contribution in [0.5, 0.6) is 5.75 Å². The molecular formula is C11H9NO2. The Balaban J connectivity index is 2.65. The van der Waals surface area contributed by atoms with Crippen LogP contribution in [0.2, 0.25) is 0 Å². The van der Waals surface area contributed by atoms with Crippen LogP contribution in [0.1, 0.15) is 5.56 Å². The minimum atomic E-state index is 0.335. The van der Waals surface area contributed by atoms with E-state index in [1.807, 2.05) is 18.2 Å². The highest BCUT2D eigenvalue weighted by molar-refractivity contribution is 5.82. The Morgan fingerprint density at radius 3 is 3.07 bits per heavy atom. The number of ether oxygens (including phenoxy) is 1. The second-order valence-corrected chi connectivity index (χ2v) is 2.96. The molecule has 0 atom stereocenters. The molecule has 0 saturated carbocycles. The molecule has 0 aliphatic heterocycles. The first kappa shape index (κ1) is 8.64. The molecule has 3 heteroatoms. The van der Waals surface area contributed by atoms with Gasteiger partial charge < -0.3 is 9.15 Å². The Labute approximate surface area is 81.5 Å². The van der Waals surface area contributed by atoms with Crippen molar-refractivity contribution < 1.29 is 9.15 Å². The zero-order chi connectivity index (χ0) is 9.97. The monoisotopic (exact) mass is 187 g/mol. The van der Waals surface area contributed by atoms with Gasteiger partial charge in [0.05, 0.1) is 25.9 Å². The van der Waals surface area contributed by atoms with Crippen molar-refractivity contribution in [2.75, 3.05) is 7.11 Å². The van der Waals surface area contributed by atoms with Crippen LogP contribution in [0.4, 0.5) is 0 Å². The normalized spacial score (nSPS) is 10.0. The predicted molar refractivity (Wildman–Crippen MR) is 52.1 cm³/mol. The summed E-state index contributed by atoms with van der Waals surface area (Å²) in [6.45, 7) is 0. The molecule has 0 N–H and O–H groups in total. The minimum Gasteiger partial charge on any atom is -0.497 e. The SMILES string of the molecule is COc1cc(CC#N)c2occc2c1. The molecule has 0 spiro atoms. The molecule has 2 rings (SSSR count). The molecule has 1 aromatic carbocycles. The third kappa shape index (κ3) is 1.31. The number of nitriles is 1. The number of nitrogens with zero attached hydrogens (tertiary/aromatic N) is 1. The fraction of sp³-hybridized carbons (Fsp3) is 0.182. The number of furan rings is 1. The van der Waals surface area contributed by atoms with E-state index in [1.165, 1.54) is 0 Å². The lowest BCUT2D eigenvalue weighted by atomic mass is 10.1. The molecule has 2 aromatic rings. The molecule has 14 heavy (non-hydrogen) atoms. The van der Waals surface area contributed by atoms with Gasteiger partial charge in [-0.1, -0.05) is 0 Å². The Morgan fingerprint density at radius 1 is 1.50 bits per heavy atom. The Hall–Kier alpha value is -1.95. The average Bonchev–Trinajstić information content (AvgIpc) is 2.66. The van der Waals surface area contributed by atoms with E-state index in [0.29, 0.717) is 6.42 Å². The van der Waals surface area contributed by atoms with Crippen LogP contribution >= 0.6 is 0 Å². The fourth-order valence-corrected chi connectivity index (χ4v) is 1.46. The van der Waals surface area contributed by atoms with E-state index in [9.17, 15) is 0 Å². The highest BCUT2D eigenvalue weighted by atomic mass is 16.5. The molecule has 0 amide bonds. The van der Waals surface area contributed by atoms with E-state index in [4.69, 9.17) is 14.4 Å². The summed E-state index contributed by atoms with van der Waals surface area (Å²) in [5, 5.41) is 9.61. The standard InChI is InChI=1S/C11H9NO2/c1-13-10-6-8(2-4-12)11-9(7-10)3-5-14-11/h3,5-7H,2H2,1H3. The Bertz CT molecular complexity index is 493. The van der Waals surface area contributed by atoms with Crippen molar-refractivity contribution in [1.82, 2.24) is 0 Å². The summed E-state index contributed by atoms with van der Waals surface area (Å²) in [5.74, 6) is 0.754. The molecule has 0 bridgehead atoms. The van der Waals surface area contributed by atoms with Crippen LogP contribution in [0, 0.1) is 11.3 Å². The van der Waals surface area contributed by atoms with Gasteiger partial charge in [-0.05, 0) is 18.2 Å². The van der Waals surface area contributed by atoms with E-state index in [0.717, 1.165) is 22.3 Å². The summed E-state index contributed by atoms with van der Waals surface area (Å²) < 4.78 is 10.4. The third-order valence-corrected chi connectivity index (χ3v) is 2.11. The lowest BCUT2D eigenvalue weighted by Crippen LogP contribution is -1.87. The van der Waals surface area contributed by atoms with Gasteiger partial charge in [0.1, 0.15) is 11.3 Å². The van der Waals surface area contributed by atoms with E-state index in [1.54, 1.807) is 13.4 Å². The fourth-order valence-electron chi connectivity index (χ4n) is 1.46. The van der Waals surface area contributed by atoms with Crippen LogP contribution < -0.4 is 4.74 Å². The molecule has 0 saturated heterocycles. The highest BCUT2D eigenvalue weighted by Gasteiger charge is 2.06. The van der Waals surface area contributed by atoms with Gasteiger partial charge in [0, 0.05) is 10.9 Å². The van der Waals surface area contributed by atoms with Gasteiger partial charge in [-0.2, -0.15) is 5.26 Å². The first-order valence-corrected chi connectivity index (χ1v) is 4.26. The number of methoxy groups -OCH3 is 1. The Morgan fingerprint density at radius 2 is 2.36 bits per heavy atom. The van der Waals surface area contributed by atoms with Crippen LogP contribution in [-0.4, -0.2) is 7.11 Å². The van der Waals surface area contributed by atoms with E-state index >= 15 is 0 Å². The van der Waals surface area contributed by atoms with Gasteiger partial charge >= 0.3 is 0 Å². The Kier molecular flexibility index (Phi) is 2.11. The quantitative estimate of drug-likeness (QED) is 0.725. The van der Waals surface area contributed by atoms with Crippen molar-refractivity contribution in [1.29, 1.82) is 5.26 Å². The molecule has 1 heterocycles. The van der Waals surface area contributed by atoms with Gasteiger partial charge in [-0.25, -0.2) is 0 Å². The van der Waals surface area contributed by atoms with Gasteiger partial charge in [0.15, 0.2) is 0 Å². The third-order valence-electron chi connectivity index (χ3n) is 2.11. The molecule has 1 aromatic heterocycles. The zero-order valence-electron chi connectivity index (χ0n) is 7.78. The summed E-state index contributed by atoms with van der Waals surface area (Å²) in [5.41, 5.74) is 1.64. The van der Waals surface area contributed by atoms with Crippen LogP contribution in [-0.2, 0) is 6.42 Å². The van der Waals surface area contributed by atoms with Crippen LogP contribution in [0.25, 0.3) is 11.0 Å². The van der Waals surface area contributed by atoms with Crippen molar-refractivity contribution in [3.63, 3.8) is 0 Å².